The highest BCUT2D eigenvalue weighted by Crippen LogP contribution is 2.10. The van der Waals surface area contributed by atoms with Crippen LogP contribution in [-0.4, -0.2) is 15.7 Å². The number of benzene rings is 1. The van der Waals surface area contributed by atoms with Crippen LogP contribution >= 0.6 is 0 Å². The fraction of sp³-hybridized carbons (Fsp3) is 0.231. The Morgan fingerprint density at radius 3 is 2.79 bits per heavy atom. The predicted octanol–water partition coefficient (Wildman–Crippen LogP) is 0.948. The number of hydrogen-bond acceptors (Lipinski definition) is 3. The van der Waals surface area contributed by atoms with E-state index in [0.29, 0.717) is 18.7 Å². The van der Waals surface area contributed by atoms with E-state index in [2.05, 4.69) is 10.4 Å². The van der Waals surface area contributed by atoms with Crippen LogP contribution in [0.1, 0.15) is 21.6 Å². The van der Waals surface area contributed by atoms with Gasteiger partial charge < -0.3 is 11.1 Å². The fourth-order valence-corrected chi connectivity index (χ4v) is 1.73. The lowest BCUT2D eigenvalue weighted by atomic mass is 10.1. The number of hydrogen-bond donors (Lipinski definition) is 2. The summed E-state index contributed by atoms with van der Waals surface area (Å²) in [7, 11) is 1.84. The molecule has 1 aromatic heterocycles. The Labute approximate surface area is 110 Å². The van der Waals surface area contributed by atoms with Crippen molar-refractivity contribution in [3.63, 3.8) is 0 Å². The fourth-order valence-electron chi connectivity index (χ4n) is 1.73. The lowest BCUT2D eigenvalue weighted by Crippen LogP contribution is -2.16. The Balaban J connectivity index is 1.94. The van der Waals surface area contributed by atoms with Crippen molar-refractivity contribution >= 4 is 5.91 Å². The van der Waals surface area contributed by atoms with Gasteiger partial charge in [-0.05, 0) is 18.2 Å². The van der Waals surface area contributed by atoms with Gasteiger partial charge in [0.2, 0.25) is 5.91 Å². The normalized spacial score (nSPS) is 10.6. The number of halogens is 1. The maximum Gasteiger partial charge on any atom is 0.248 e. The van der Waals surface area contributed by atoms with Crippen molar-refractivity contribution in [2.75, 3.05) is 0 Å². The molecule has 100 valence electrons. The molecule has 6 heteroatoms. The molecule has 1 amide bonds. The zero-order chi connectivity index (χ0) is 13.8. The first-order valence-corrected chi connectivity index (χ1v) is 5.84. The Kier molecular flexibility index (Phi) is 3.91. The predicted molar refractivity (Wildman–Crippen MR) is 68.7 cm³/mol. The molecule has 0 saturated heterocycles. The molecule has 0 saturated carbocycles. The second-order valence-corrected chi connectivity index (χ2v) is 4.25. The molecule has 0 aliphatic heterocycles. The summed E-state index contributed by atoms with van der Waals surface area (Å²) in [5.74, 6) is -1.07. The van der Waals surface area contributed by atoms with E-state index in [1.165, 1.54) is 6.07 Å². The number of aromatic nitrogens is 2. The molecule has 0 spiro atoms. The second kappa shape index (κ2) is 5.62. The first-order chi connectivity index (χ1) is 9.06. The van der Waals surface area contributed by atoms with E-state index in [1.807, 2.05) is 19.3 Å². The van der Waals surface area contributed by atoms with Crippen molar-refractivity contribution < 1.29 is 9.18 Å². The Bertz CT molecular complexity index is 594. The van der Waals surface area contributed by atoms with Gasteiger partial charge in [0.1, 0.15) is 5.82 Å². The van der Waals surface area contributed by atoms with Gasteiger partial charge in [-0.1, -0.05) is 6.07 Å². The van der Waals surface area contributed by atoms with E-state index >= 15 is 0 Å². The quantitative estimate of drug-likeness (QED) is 0.842. The number of nitrogens with one attached hydrogen (secondary N) is 1. The smallest absolute Gasteiger partial charge is 0.248 e. The number of carbonyl (C=O) groups is 1. The van der Waals surface area contributed by atoms with Crippen LogP contribution in [0.2, 0.25) is 0 Å². The van der Waals surface area contributed by atoms with Gasteiger partial charge >= 0.3 is 0 Å². The Morgan fingerprint density at radius 1 is 1.42 bits per heavy atom. The molecule has 19 heavy (non-hydrogen) atoms. The molecule has 2 aromatic rings. The highest BCUT2D eigenvalue weighted by molar-refractivity contribution is 5.92. The molecule has 0 atom stereocenters. The third-order valence-corrected chi connectivity index (χ3v) is 2.73. The summed E-state index contributed by atoms with van der Waals surface area (Å²) >= 11 is 0. The van der Waals surface area contributed by atoms with Gasteiger partial charge in [-0.25, -0.2) is 4.39 Å². The average molecular weight is 262 g/mol. The average Bonchev–Trinajstić information content (AvgIpc) is 2.77. The molecule has 0 aliphatic rings. The third kappa shape index (κ3) is 3.38. The molecule has 0 bridgehead atoms. The highest BCUT2D eigenvalue weighted by Gasteiger charge is 2.07. The van der Waals surface area contributed by atoms with Crippen molar-refractivity contribution in [1.29, 1.82) is 0 Å². The maximum atomic E-state index is 13.7. The van der Waals surface area contributed by atoms with Gasteiger partial charge in [0, 0.05) is 37.5 Å². The summed E-state index contributed by atoms with van der Waals surface area (Å²) in [4.78, 5) is 10.9. The minimum absolute atomic E-state index is 0.172. The number of rotatable bonds is 5. The van der Waals surface area contributed by atoms with Crippen LogP contribution in [0.5, 0.6) is 0 Å². The minimum atomic E-state index is -0.633. The summed E-state index contributed by atoms with van der Waals surface area (Å²) in [6, 6.07) is 6.11. The summed E-state index contributed by atoms with van der Waals surface area (Å²) in [6.45, 7) is 0.916. The molecular weight excluding hydrogens is 247 g/mol. The van der Waals surface area contributed by atoms with Crippen LogP contribution < -0.4 is 11.1 Å². The number of amides is 1. The van der Waals surface area contributed by atoms with Gasteiger partial charge in [-0.2, -0.15) is 5.10 Å². The van der Waals surface area contributed by atoms with Crippen LogP contribution in [-0.2, 0) is 20.1 Å². The minimum Gasteiger partial charge on any atom is -0.366 e. The largest absolute Gasteiger partial charge is 0.366 e. The van der Waals surface area contributed by atoms with Crippen LogP contribution in [0.3, 0.4) is 0 Å². The number of carbonyl (C=O) groups excluding carboxylic acids is 1. The lowest BCUT2D eigenvalue weighted by Gasteiger charge is -2.05. The first kappa shape index (κ1) is 13.2. The molecular formula is C13H15FN4O. The van der Waals surface area contributed by atoms with Gasteiger partial charge in [0.25, 0.3) is 0 Å². The molecule has 3 N–H and O–H groups in total. The SMILES string of the molecule is Cn1ccc(CNCc2ccc(C(N)=O)cc2F)n1. The molecule has 1 aromatic carbocycles. The van der Waals surface area contributed by atoms with Gasteiger partial charge in [0.05, 0.1) is 5.69 Å². The highest BCUT2D eigenvalue weighted by atomic mass is 19.1. The van der Waals surface area contributed by atoms with Crippen molar-refractivity contribution in [2.45, 2.75) is 13.1 Å². The van der Waals surface area contributed by atoms with Crippen molar-refractivity contribution in [1.82, 2.24) is 15.1 Å². The zero-order valence-electron chi connectivity index (χ0n) is 10.6. The summed E-state index contributed by atoms with van der Waals surface area (Å²) in [6.07, 6.45) is 1.85. The van der Waals surface area contributed by atoms with E-state index in [4.69, 9.17) is 5.73 Å². The summed E-state index contributed by atoms with van der Waals surface area (Å²) in [5.41, 5.74) is 6.62. The van der Waals surface area contributed by atoms with E-state index in [1.54, 1.807) is 10.7 Å². The second-order valence-electron chi connectivity index (χ2n) is 4.25. The monoisotopic (exact) mass is 262 g/mol. The van der Waals surface area contributed by atoms with Crippen molar-refractivity contribution in [2.24, 2.45) is 12.8 Å². The van der Waals surface area contributed by atoms with Gasteiger partial charge in [0.15, 0.2) is 0 Å². The van der Waals surface area contributed by atoms with Gasteiger partial charge in [-0.15, -0.1) is 0 Å². The number of nitrogens with zero attached hydrogens (tertiary/aromatic N) is 2. The van der Waals surface area contributed by atoms with Crippen LogP contribution in [0.4, 0.5) is 4.39 Å². The van der Waals surface area contributed by atoms with E-state index in [9.17, 15) is 9.18 Å². The van der Waals surface area contributed by atoms with Crippen LogP contribution in [0.25, 0.3) is 0 Å². The van der Waals surface area contributed by atoms with Crippen molar-refractivity contribution in [3.05, 3.63) is 53.1 Å². The molecule has 0 radical (unpaired) electrons. The molecule has 0 aliphatic carbocycles. The number of primary amides is 1. The summed E-state index contributed by atoms with van der Waals surface area (Å²) < 4.78 is 15.4. The molecule has 2 rings (SSSR count). The molecule has 5 nitrogen and oxygen atoms in total. The van der Waals surface area contributed by atoms with E-state index in [-0.39, 0.29) is 5.56 Å². The van der Waals surface area contributed by atoms with Gasteiger partial charge in [-0.3, -0.25) is 9.48 Å². The van der Waals surface area contributed by atoms with Crippen molar-refractivity contribution in [3.8, 4) is 0 Å². The van der Waals surface area contributed by atoms with E-state index in [0.717, 1.165) is 11.8 Å². The zero-order valence-corrected chi connectivity index (χ0v) is 10.6. The molecule has 0 fully saturated rings. The molecule has 1 heterocycles. The number of nitrogens with two attached hydrogens (primary N) is 1. The van der Waals surface area contributed by atoms with Crippen LogP contribution in [0.15, 0.2) is 30.5 Å². The van der Waals surface area contributed by atoms with E-state index < -0.39 is 11.7 Å². The molecule has 0 unspecified atom stereocenters. The standard InChI is InChI=1S/C13H15FN4O/c1-18-5-4-11(17-18)8-16-7-10-3-2-9(13(15)19)6-12(10)14/h2-6,16H,7-8H2,1H3,(H2,15,19). The Hall–Kier alpha value is -2.21. The third-order valence-electron chi connectivity index (χ3n) is 2.73. The number of aryl methyl sites for hydroxylation is 1. The first-order valence-electron chi connectivity index (χ1n) is 5.84. The topological polar surface area (TPSA) is 72.9 Å². The lowest BCUT2D eigenvalue weighted by molar-refractivity contribution is 0.1000. The maximum absolute atomic E-state index is 13.7. The summed E-state index contributed by atoms with van der Waals surface area (Å²) in [5, 5.41) is 7.29. The van der Waals surface area contributed by atoms with Crippen LogP contribution in [0, 0.1) is 5.82 Å². The Morgan fingerprint density at radius 2 is 2.21 bits per heavy atom.